The first kappa shape index (κ1) is 17.4. The lowest BCUT2D eigenvalue weighted by Crippen LogP contribution is -2.25. The Labute approximate surface area is 111 Å². The third-order valence-corrected chi connectivity index (χ3v) is 2.97. The van der Waals surface area contributed by atoms with Crippen LogP contribution in [-0.4, -0.2) is 49.8 Å². The van der Waals surface area contributed by atoms with E-state index in [0.29, 0.717) is 6.42 Å². The lowest BCUT2D eigenvalue weighted by atomic mass is 10.1. The van der Waals surface area contributed by atoms with Crippen LogP contribution in [0.25, 0.3) is 0 Å². The van der Waals surface area contributed by atoms with Gasteiger partial charge < -0.3 is 14.7 Å². The molecule has 0 aromatic rings. The Balaban J connectivity index is 3.18. The summed E-state index contributed by atoms with van der Waals surface area (Å²) in [4.78, 5) is 12.9. The Morgan fingerprint density at radius 1 is 1.11 bits per heavy atom. The lowest BCUT2D eigenvalue weighted by molar-refractivity contribution is -0.140. The second kappa shape index (κ2) is 11.5. The van der Waals surface area contributed by atoms with Gasteiger partial charge in [-0.25, -0.2) is 0 Å². The van der Waals surface area contributed by atoms with Crippen LogP contribution in [0.4, 0.5) is 0 Å². The summed E-state index contributed by atoms with van der Waals surface area (Å²) in [5.74, 6) is -0.109. The van der Waals surface area contributed by atoms with Gasteiger partial charge in [0.2, 0.25) is 0 Å². The number of ether oxygens (including phenoxy) is 1. The number of aliphatic hydroxyl groups is 1. The molecule has 0 amide bonds. The second-order valence-electron chi connectivity index (χ2n) is 5.15. The minimum absolute atomic E-state index is 0.109. The maximum Gasteiger partial charge on any atom is 0.305 e. The molecule has 0 aliphatic heterocycles. The number of carbonyl (C=O) groups is 1. The van der Waals surface area contributed by atoms with Gasteiger partial charge in [0.1, 0.15) is 0 Å². The molecule has 0 saturated carbocycles. The molecular weight excluding hydrogens is 230 g/mol. The number of methoxy groups -OCH3 is 1. The average Bonchev–Trinajstić information content (AvgIpc) is 2.31. The molecular formula is C14H29NO3. The fourth-order valence-electron chi connectivity index (χ4n) is 1.97. The summed E-state index contributed by atoms with van der Waals surface area (Å²) >= 11 is 0. The van der Waals surface area contributed by atoms with Crippen LogP contribution in [0.1, 0.15) is 51.4 Å². The van der Waals surface area contributed by atoms with Crippen LogP contribution in [-0.2, 0) is 9.53 Å². The van der Waals surface area contributed by atoms with E-state index in [9.17, 15) is 9.90 Å². The van der Waals surface area contributed by atoms with Crippen molar-refractivity contribution in [2.45, 2.75) is 57.5 Å². The second-order valence-corrected chi connectivity index (χ2v) is 5.15. The van der Waals surface area contributed by atoms with Crippen molar-refractivity contribution in [2.24, 2.45) is 0 Å². The first-order valence-corrected chi connectivity index (χ1v) is 6.96. The molecule has 0 aliphatic rings. The van der Waals surface area contributed by atoms with E-state index in [1.807, 2.05) is 19.0 Å². The highest BCUT2D eigenvalue weighted by Crippen LogP contribution is 2.10. The predicted octanol–water partition coefficient (Wildman–Crippen LogP) is 2.20. The Bertz CT molecular complexity index is 207. The quantitative estimate of drug-likeness (QED) is 0.456. The number of likely N-dealkylation sites (N-methyl/N-ethyl adjacent to an activating group) is 1. The smallest absolute Gasteiger partial charge is 0.305 e. The van der Waals surface area contributed by atoms with Crippen LogP contribution in [0.3, 0.4) is 0 Å². The van der Waals surface area contributed by atoms with Crippen LogP contribution in [0.15, 0.2) is 0 Å². The van der Waals surface area contributed by atoms with Crippen LogP contribution in [0.5, 0.6) is 0 Å². The van der Waals surface area contributed by atoms with Crippen molar-refractivity contribution < 1.29 is 14.6 Å². The first-order valence-electron chi connectivity index (χ1n) is 6.96. The number of aliphatic hydroxyl groups excluding tert-OH is 1. The molecule has 0 radical (unpaired) electrons. The fourth-order valence-corrected chi connectivity index (χ4v) is 1.97. The zero-order valence-electron chi connectivity index (χ0n) is 12.2. The van der Waals surface area contributed by atoms with Crippen molar-refractivity contribution in [3.63, 3.8) is 0 Å². The van der Waals surface area contributed by atoms with E-state index in [4.69, 9.17) is 0 Å². The molecule has 0 aromatic heterocycles. The Morgan fingerprint density at radius 2 is 1.67 bits per heavy atom. The van der Waals surface area contributed by atoms with Crippen molar-refractivity contribution >= 4 is 5.97 Å². The topological polar surface area (TPSA) is 49.8 Å². The van der Waals surface area contributed by atoms with Crippen molar-refractivity contribution in [3.05, 3.63) is 0 Å². The molecule has 18 heavy (non-hydrogen) atoms. The molecule has 0 spiro atoms. The normalized spacial score (nSPS) is 12.7. The summed E-state index contributed by atoms with van der Waals surface area (Å²) in [5, 5.41) is 9.66. The zero-order chi connectivity index (χ0) is 13.8. The molecule has 4 nitrogen and oxygen atoms in total. The van der Waals surface area contributed by atoms with E-state index in [2.05, 4.69) is 4.74 Å². The van der Waals surface area contributed by atoms with Crippen molar-refractivity contribution in [3.8, 4) is 0 Å². The van der Waals surface area contributed by atoms with Crippen molar-refractivity contribution in [1.29, 1.82) is 0 Å². The largest absolute Gasteiger partial charge is 0.469 e. The predicted molar refractivity (Wildman–Crippen MR) is 73.5 cm³/mol. The molecule has 0 unspecified atom stereocenters. The van der Waals surface area contributed by atoms with E-state index in [0.717, 1.165) is 32.2 Å². The lowest BCUT2D eigenvalue weighted by Gasteiger charge is -2.15. The maximum atomic E-state index is 10.9. The SMILES string of the molecule is COC(=O)CCCCCCCC[C@H](O)CN(C)C. The van der Waals surface area contributed by atoms with Crippen LogP contribution < -0.4 is 0 Å². The zero-order valence-corrected chi connectivity index (χ0v) is 12.2. The van der Waals surface area contributed by atoms with Gasteiger partial charge in [0, 0.05) is 13.0 Å². The molecule has 1 atom stereocenters. The number of unbranched alkanes of at least 4 members (excludes halogenated alkanes) is 5. The molecule has 0 saturated heterocycles. The van der Waals surface area contributed by atoms with Gasteiger partial charge in [0.25, 0.3) is 0 Å². The van der Waals surface area contributed by atoms with Crippen LogP contribution in [0, 0.1) is 0 Å². The molecule has 108 valence electrons. The molecule has 0 heterocycles. The summed E-state index contributed by atoms with van der Waals surface area (Å²) in [7, 11) is 5.39. The third kappa shape index (κ3) is 11.9. The van der Waals surface area contributed by atoms with Gasteiger partial charge in [-0.1, -0.05) is 32.1 Å². The number of hydrogen-bond acceptors (Lipinski definition) is 4. The molecule has 4 heteroatoms. The third-order valence-electron chi connectivity index (χ3n) is 2.97. The summed E-state index contributed by atoms with van der Waals surface area (Å²) in [6, 6.07) is 0. The Hall–Kier alpha value is -0.610. The van der Waals surface area contributed by atoms with Gasteiger partial charge in [-0.05, 0) is 26.9 Å². The summed E-state index contributed by atoms with van der Waals surface area (Å²) < 4.78 is 4.58. The van der Waals surface area contributed by atoms with Crippen LogP contribution in [0.2, 0.25) is 0 Å². The first-order chi connectivity index (χ1) is 8.56. The average molecular weight is 259 g/mol. The number of nitrogens with zero attached hydrogens (tertiary/aromatic N) is 1. The maximum absolute atomic E-state index is 10.9. The van der Waals surface area contributed by atoms with Gasteiger partial charge >= 0.3 is 5.97 Å². The monoisotopic (exact) mass is 259 g/mol. The number of rotatable bonds is 11. The number of hydrogen-bond donors (Lipinski definition) is 1. The summed E-state index contributed by atoms with van der Waals surface area (Å²) in [5.41, 5.74) is 0. The Kier molecular flexibility index (Phi) is 11.1. The highest BCUT2D eigenvalue weighted by molar-refractivity contribution is 5.68. The standard InChI is InChI=1S/C14H29NO3/c1-15(2)12-13(16)10-8-6-4-5-7-9-11-14(17)18-3/h13,16H,4-12H2,1-3H3/t13-/m0/s1. The van der Waals surface area contributed by atoms with E-state index < -0.39 is 0 Å². The Morgan fingerprint density at radius 3 is 2.22 bits per heavy atom. The molecule has 0 fully saturated rings. The van der Waals surface area contributed by atoms with E-state index >= 15 is 0 Å². The molecule has 0 aliphatic carbocycles. The van der Waals surface area contributed by atoms with Gasteiger partial charge in [-0.3, -0.25) is 4.79 Å². The van der Waals surface area contributed by atoms with E-state index in [-0.39, 0.29) is 12.1 Å². The van der Waals surface area contributed by atoms with Crippen LogP contribution >= 0.6 is 0 Å². The minimum Gasteiger partial charge on any atom is -0.469 e. The molecule has 1 N–H and O–H groups in total. The number of esters is 1. The summed E-state index contributed by atoms with van der Waals surface area (Å²) in [6.45, 7) is 0.749. The minimum atomic E-state index is -0.195. The number of carbonyl (C=O) groups excluding carboxylic acids is 1. The highest BCUT2D eigenvalue weighted by Gasteiger charge is 2.04. The molecule has 0 aromatic carbocycles. The van der Waals surface area contributed by atoms with Gasteiger partial charge in [0.15, 0.2) is 0 Å². The fraction of sp³-hybridized carbons (Fsp3) is 0.929. The summed E-state index contributed by atoms with van der Waals surface area (Å²) in [6.07, 6.45) is 7.87. The molecule has 0 bridgehead atoms. The van der Waals surface area contributed by atoms with Gasteiger partial charge in [-0.15, -0.1) is 0 Å². The van der Waals surface area contributed by atoms with Gasteiger partial charge in [0.05, 0.1) is 13.2 Å². The highest BCUT2D eigenvalue weighted by atomic mass is 16.5. The van der Waals surface area contributed by atoms with Gasteiger partial charge in [-0.2, -0.15) is 0 Å². The van der Waals surface area contributed by atoms with Crippen molar-refractivity contribution in [1.82, 2.24) is 4.90 Å². The van der Waals surface area contributed by atoms with E-state index in [1.54, 1.807) is 0 Å². The van der Waals surface area contributed by atoms with Crippen molar-refractivity contribution in [2.75, 3.05) is 27.7 Å². The van der Waals surface area contributed by atoms with E-state index in [1.165, 1.54) is 26.4 Å². The molecule has 0 rings (SSSR count).